The Balaban J connectivity index is 0.00000544. The lowest BCUT2D eigenvalue weighted by molar-refractivity contribution is 0.0773. The summed E-state index contributed by atoms with van der Waals surface area (Å²) in [5.41, 5.74) is 2.92. The van der Waals surface area contributed by atoms with Crippen molar-refractivity contribution in [2.75, 3.05) is 40.4 Å². The van der Waals surface area contributed by atoms with Gasteiger partial charge in [-0.2, -0.15) is 0 Å². The van der Waals surface area contributed by atoms with Gasteiger partial charge in [0.25, 0.3) is 5.91 Å². The van der Waals surface area contributed by atoms with Crippen molar-refractivity contribution in [1.29, 1.82) is 0 Å². The first-order valence-electron chi connectivity index (χ1n) is 11.2. The summed E-state index contributed by atoms with van der Waals surface area (Å²) in [6.07, 6.45) is 0.826. The fourth-order valence-electron chi connectivity index (χ4n) is 3.32. The van der Waals surface area contributed by atoms with E-state index in [1.54, 1.807) is 14.2 Å². The van der Waals surface area contributed by atoms with Gasteiger partial charge in [-0.05, 0) is 62.6 Å². The van der Waals surface area contributed by atoms with Crippen LogP contribution in [0.5, 0.6) is 11.5 Å². The molecule has 0 atom stereocenters. The molecule has 2 aromatic carbocycles. The zero-order valence-electron chi connectivity index (χ0n) is 20.3. The molecule has 0 aromatic heterocycles. The van der Waals surface area contributed by atoms with Gasteiger partial charge in [0.2, 0.25) is 0 Å². The lowest BCUT2D eigenvalue weighted by atomic mass is 10.1. The van der Waals surface area contributed by atoms with Crippen LogP contribution < -0.4 is 20.1 Å². The number of nitrogens with zero attached hydrogens (tertiary/aromatic N) is 2. The minimum absolute atomic E-state index is 0. The maximum Gasteiger partial charge on any atom is 0.253 e. The van der Waals surface area contributed by atoms with Gasteiger partial charge in [0.1, 0.15) is 0 Å². The van der Waals surface area contributed by atoms with Crippen LogP contribution in [-0.2, 0) is 13.0 Å². The molecule has 0 bridgehead atoms. The van der Waals surface area contributed by atoms with Crippen LogP contribution in [0.2, 0.25) is 0 Å². The highest BCUT2D eigenvalue weighted by atomic mass is 127. The number of aliphatic imine (C=N–C) groups is 1. The van der Waals surface area contributed by atoms with E-state index in [-0.39, 0.29) is 29.9 Å². The standard InChI is InChI=1S/C25H36N4O3.HI/c1-6-26-25(27-16-15-19-11-14-22(31-4)23(17-19)32-5)28-18-20-9-12-21(13-10-20)24(30)29(7-2)8-3;/h9-14,17H,6-8,15-16,18H2,1-5H3,(H2,26,27,28);1H. The average Bonchev–Trinajstić information content (AvgIpc) is 2.83. The molecule has 0 saturated heterocycles. The van der Waals surface area contributed by atoms with Gasteiger partial charge in [0.15, 0.2) is 17.5 Å². The van der Waals surface area contributed by atoms with E-state index in [0.717, 1.165) is 48.1 Å². The van der Waals surface area contributed by atoms with E-state index in [9.17, 15) is 4.79 Å². The van der Waals surface area contributed by atoms with E-state index in [4.69, 9.17) is 9.47 Å². The first kappa shape index (κ1) is 28.5. The van der Waals surface area contributed by atoms with E-state index >= 15 is 0 Å². The molecule has 7 nitrogen and oxygen atoms in total. The van der Waals surface area contributed by atoms with Crippen molar-refractivity contribution < 1.29 is 14.3 Å². The van der Waals surface area contributed by atoms with Crippen molar-refractivity contribution in [3.8, 4) is 11.5 Å². The number of hydrogen-bond acceptors (Lipinski definition) is 4. The normalized spacial score (nSPS) is 10.8. The summed E-state index contributed by atoms with van der Waals surface area (Å²) in [5, 5.41) is 6.64. The largest absolute Gasteiger partial charge is 0.493 e. The summed E-state index contributed by atoms with van der Waals surface area (Å²) in [6, 6.07) is 13.6. The van der Waals surface area contributed by atoms with Crippen LogP contribution >= 0.6 is 24.0 Å². The second kappa shape index (κ2) is 15.4. The molecule has 0 saturated carbocycles. The number of carbonyl (C=O) groups excluding carboxylic acids is 1. The summed E-state index contributed by atoms with van der Waals surface area (Å²) in [7, 11) is 3.27. The Morgan fingerprint density at radius 3 is 2.12 bits per heavy atom. The Morgan fingerprint density at radius 1 is 0.909 bits per heavy atom. The highest BCUT2D eigenvalue weighted by Gasteiger charge is 2.12. The van der Waals surface area contributed by atoms with Crippen LogP contribution in [0.25, 0.3) is 0 Å². The Labute approximate surface area is 215 Å². The van der Waals surface area contributed by atoms with Crippen molar-refractivity contribution in [2.45, 2.75) is 33.7 Å². The number of hydrogen-bond donors (Lipinski definition) is 2. The maximum atomic E-state index is 12.4. The minimum Gasteiger partial charge on any atom is -0.493 e. The quantitative estimate of drug-likeness (QED) is 0.243. The van der Waals surface area contributed by atoms with Gasteiger partial charge in [0.05, 0.1) is 20.8 Å². The first-order chi connectivity index (χ1) is 15.6. The number of carbonyl (C=O) groups is 1. The number of nitrogens with one attached hydrogen (secondary N) is 2. The molecule has 0 aliphatic heterocycles. The molecule has 0 fully saturated rings. The lowest BCUT2D eigenvalue weighted by Crippen LogP contribution is -2.38. The molecule has 0 unspecified atom stereocenters. The summed E-state index contributed by atoms with van der Waals surface area (Å²) < 4.78 is 10.7. The topological polar surface area (TPSA) is 75.2 Å². The third kappa shape index (κ3) is 8.75. The molecule has 0 radical (unpaired) electrons. The monoisotopic (exact) mass is 568 g/mol. The third-order valence-corrected chi connectivity index (χ3v) is 5.17. The second-order valence-electron chi connectivity index (χ2n) is 7.24. The predicted molar refractivity (Wildman–Crippen MR) is 145 cm³/mol. The number of rotatable bonds is 11. The summed E-state index contributed by atoms with van der Waals surface area (Å²) >= 11 is 0. The van der Waals surface area contributed by atoms with Crippen LogP contribution in [0, 0.1) is 0 Å². The van der Waals surface area contributed by atoms with Gasteiger partial charge < -0.3 is 25.0 Å². The predicted octanol–water partition coefficient (Wildman–Crippen LogP) is 4.10. The SMILES string of the molecule is CCNC(=NCc1ccc(C(=O)N(CC)CC)cc1)NCCc1ccc(OC)c(OC)c1.I. The van der Waals surface area contributed by atoms with Crippen molar-refractivity contribution in [2.24, 2.45) is 4.99 Å². The fourth-order valence-corrected chi connectivity index (χ4v) is 3.32. The molecular weight excluding hydrogens is 531 g/mol. The number of ether oxygens (including phenoxy) is 2. The van der Waals surface area contributed by atoms with Gasteiger partial charge in [-0.1, -0.05) is 18.2 Å². The Bertz CT molecular complexity index is 884. The first-order valence-corrected chi connectivity index (χ1v) is 11.2. The van der Waals surface area contributed by atoms with Crippen LogP contribution in [0.15, 0.2) is 47.5 Å². The highest BCUT2D eigenvalue weighted by Crippen LogP contribution is 2.27. The van der Waals surface area contributed by atoms with Crippen LogP contribution in [0.3, 0.4) is 0 Å². The summed E-state index contributed by atoms with van der Waals surface area (Å²) in [4.78, 5) is 18.9. The molecule has 182 valence electrons. The Morgan fingerprint density at radius 2 is 1.55 bits per heavy atom. The zero-order valence-corrected chi connectivity index (χ0v) is 22.6. The Kier molecular flexibility index (Phi) is 13.3. The lowest BCUT2D eigenvalue weighted by Gasteiger charge is -2.18. The summed E-state index contributed by atoms with van der Waals surface area (Å²) in [6.45, 7) is 9.49. The zero-order chi connectivity index (χ0) is 23.3. The van der Waals surface area contributed by atoms with E-state index in [0.29, 0.717) is 25.2 Å². The number of amides is 1. The van der Waals surface area contributed by atoms with Gasteiger partial charge in [-0.3, -0.25) is 4.79 Å². The molecule has 8 heteroatoms. The number of methoxy groups -OCH3 is 2. The number of guanidine groups is 1. The van der Waals surface area contributed by atoms with Crippen molar-refractivity contribution in [3.05, 3.63) is 59.2 Å². The molecule has 0 aliphatic carbocycles. The van der Waals surface area contributed by atoms with Gasteiger partial charge >= 0.3 is 0 Å². The number of benzene rings is 2. The molecule has 2 rings (SSSR count). The van der Waals surface area contributed by atoms with E-state index in [1.165, 1.54) is 0 Å². The Hall–Kier alpha value is -2.49. The average molecular weight is 569 g/mol. The van der Waals surface area contributed by atoms with E-state index in [1.807, 2.05) is 68.1 Å². The smallest absolute Gasteiger partial charge is 0.253 e. The fraction of sp³-hybridized carbons (Fsp3) is 0.440. The molecule has 33 heavy (non-hydrogen) atoms. The second-order valence-corrected chi connectivity index (χ2v) is 7.24. The van der Waals surface area contributed by atoms with Crippen molar-refractivity contribution in [3.63, 3.8) is 0 Å². The van der Waals surface area contributed by atoms with E-state index in [2.05, 4.69) is 15.6 Å². The maximum absolute atomic E-state index is 12.4. The molecule has 2 aromatic rings. The van der Waals surface area contributed by atoms with Crippen LogP contribution in [0.1, 0.15) is 42.3 Å². The highest BCUT2D eigenvalue weighted by molar-refractivity contribution is 14.0. The molecule has 0 heterocycles. The molecule has 0 spiro atoms. The molecule has 0 aliphatic rings. The van der Waals surface area contributed by atoms with Gasteiger partial charge in [-0.15, -0.1) is 24.0 Å². The van der Waals surface area contributed by atoms with Crippen LogP contribution in [0.4, 0.5) is 0 Å². The van der Waals surface area contributed by atoms with Crippen molar-refractivity contribution >= 4 is 35.8 Å². The van der Waals surface area contributed by atoms with Crippen molar-refractivity contribution in [1.82, 2.24) is 15.5 Å². The van der Waals surface area contributed by atoms with Crippen LogP contribution in [-0.4, -0.2) is 57.2 Å². The molecule has 2 N–H and O–H groups in total. The summed E-state index contributed by atoms with van der Waals surface area (Å²) in [5.74, 6) is 2.28. The minimum atomic E-state index is 0. The molecule has 1 amide bonds. The van der Waals surface area contributed by atoms with Gasteiger partial charge in [0, 0.05) is 31.7 Å². The molecular formula is C25H37IN4O3. The van der Waals surface area contributed by atoms with E-state index < -0.39 is 0 Å². The van der Waals surface area contributed by atoms with Gasteiger partial charge in [-0.25, -0.2) is 4.99 Å². The number of halogens is 1. The third-order valence-electron chi connectivity index (χ3n) is 5.17.